The Kier molecular flexibility index (Phi) is 5.80. The van der Waals surface area contributed by atoms with Crippen molar-refractivity contribution in [2.45, 2.75) is 69.1 Å². The van der Waals surface area contributed by atoms with Crippen LogP contribution in [0.25, 0.3) is 5.70 Å². The van der Waals surface area contributed by atoms with Crippen LogP contribution in [0.15, 0.2) is 24.3 Å². The number of hydrogen-bond donors (Lipinski definition) is 2. The number of amides is 1. The molecule has 31 heavy (non-hydrogen) atoms. The standard InChI is InChI=1S/C24H33N3O4/c1-29-21-9-8-17(15-22(21)30-18-5-2-3-6-18)20-16-24(31-26-20)10-13-27(14-11-24)23(28)19-7-4-12-25-19/h8-9,15-16,18-19,25-26H,2-7,10-14H2,1H3/t19-/m1/s1. The van der Waals surface area contributed by atoms with Crippen molar-refractivity contribution < 1.29 is 19.1 Å². The summed E-state index contributed by atoms with van der Waals surface area (Å²) < 4.78 is 11.8. The third-order valence-electron chi connectivity index (χ3n) is 7.12. The van der Waals surface area contributed by atoms with E-state index in [2.05, 4.69) is 16.9 Å². The molecule has 3 fully saturated rings. The van der Waals surface area contributed by atoms with Crippen LogP contribution in [0, 0.1) is 0 Å². The van der Waals surface area contributed by atoms with E-state index < -0.39 is 0 Å². The van der Waals surface area contributed by atoms with Gasteiger partial charge in [-0.3, -0.25) is 15.1 Å². The molecule has 0 radical (unpaired) electrons. The van der Waals surface area contributed by atoms with Gasteiger partial charge in [0.1, 0.15) is 5.60 Å². The van der Waals surface area contributed by atoms with E-state index in [-0.39, 0.29) is 23.7 Å². The Hall–Kier alpha value is -2.25. The SMILES string of the molecule is COc1ccc(C2=CC3(CCN(C(=O)[C@H]4CCCN4)CC3)ON2)cc1OC1CCCC1. The van der Waals surface area contributed by atoms with Gasteiger partial charge in [0.05, 0.1) is 25.0 Å². The first-order valence-corrected chi connectivity index (χ1v) is 11.7. The summed E-state index contributed by atoms with van der Waals surface area (Å²) >= 11 is 0. The fourth-order valence-corrected chi connectivity index (χ4v) is 5.21. The van der Waals surface area contributed by atoms with Gasteiger partial charge in [-0.2, -0.15) is 0 Å². The molecule has 3 heterocycles. The van der Waals surface area contributed by atoms with Gasteiger partial charge in [0.15, 0.2) is 11.5 Å². The van der Waals surface area contributed by atoms with Crippen molar-refractivity contribution in [3.05, 3.63) is 29.8 Å². The fourth-order valence-electron chi connectivity index (χ4n) is 5.21. The quantitative estimate of drug-likeness (QED) is 0.753. The molecule has 1 aromatic carbocycles. The monoisotopic (exact) mass is 427 g/mol. The summed E-state index contributed by atoms with van der Waals surface area (Å²) in [7, 11) is 1.68. The van der Waals surface area contributed by atoms with Gasteiger partial charge in [0, 0.05) is 31.5 Å². The summed E-state index contributed by atoms with van der Waals surface area (Å²) in [5.41, 5.74) is 4.76. The zero-order valence-corrected chi connectivity index (χ0v) is 18.3. The van der Waals surface area contributed by atoms with Crippen molar-refractivity contribution in [3.8, 4) is 11.5 Å². The number of carbonyl (C=O) groups is 1. The minimum atomic E-state index is -0.360. The zero-order valence-electron chi connectivity index (χ0n) is 18.3. The van der Waals surface area contributed by atoms with E-state index in [4.69, 9.17) is 14.3 Å². The van der Waals surface area contributed by atoms with Crippen LogP contribution in [-0.4, -0.2) is 55.3 Å². The molecule has 1 amide bonds. The normalized spacial score (nSPS) is 25.5. The highest BCUT2D eigenvalue weighted by Gasteiger charge is 2.41. The molecule has 0 aromatic heterocycles. The van der Waals surface area contributed by atoms with Gasteiger partial charge in [-0.15, -0.1) is 0 Å². The first kappa shape index (κ1) is 20.6. The van der Waals surface area contributed by atoms with Gasteiger partial charge in [-0.1, -0.05) is 0 Å². The minimum absolute atomic E-state index is 0.000335. The summed E-state index contributed by atoms with van der Waals surface area (Å²) in [5.74, 6) is 1.80. The molecule has 7 nitrogen and oxygen atoms in total. The maximum Gasteiger partial charge on any atom is 0.239 e. The predicted octanol–water partition coefficient (Wildman–Crippen LogP) is 3.01. The number of hydrogen-bond acceptors (Lipinski definition) is 6. The Bertz CT molecular complexity index is 835. The van der Waals surface area contributed by atoms with E-state index in [9.17, 15) is 4.79 Å². The number of carbonyl (C=O) groups excluding carboxylic acids is 1. The molecular formula is C24H33N3O4. The Balaban J connectivity index is 1.27. The fraction of sp³-hybridized carbons (Fsp3) is 0.625. The van der Waals surface area contributed by atoms with Crippen LogP contribution in [0.5, 0.6) is 11.5 Å². The first-order chi connectivity index (χ1) is 15.2. The second-order valence-corrected chi connectivity index (χ2v) is 9.19. The molecule has 1 aromatic rings. The Morgan fingerprint density at radius 2 is 1.94 bits per heavy atom. The van der Waals surface area contributed by atoms with E-state index in [1.807, 2.05) is 23.1 Å². The molecule has 4 aliphatic rings. The highest BCUT2D eigenvalue weighted by atomic mass is 16.7. The maximum absolute atomic E-state index is 12.7. The lowest BCUT2D eigenvalue weighted by Crippen LogP contribution is -2.51. The van der Waals surface area contributed by atoms with Crippen LogP contribution in [0.2, 0.25) is 0 Å². The third kappa shape index (κ3) is 4.26. The Morgan fingerprint density at radius 3 is 2.65 bits per heavy atom. The lowest BCUT2D eigenvalue weighted by molar-refractivity contribution is -0.138. The largest absolute Gasteiger partial charge is 0.493 e. The lowest BCUT2D eigenvalue weighted by Gasteiger charge is -2.37. The van der Waals surface area contributed by atoms with Crippen molar-refractivity contribution in [2.24, 2.45) is 0 Å². The van der Waals surface area contributed by atoms with Crippen LogP contribution in [0.3, 0.4) is 0 Å². The molecule has 2 saturated heterocycles. The van der Waals surface area contributed by atoms with Gasteiger partial charge in [-0.25, -0.2) is 0 Å². The molecule has 1 spiro atoms. The van der Waals surface area contributed by atoms with Gasteiger partial charge in [0.25, 0.3) is 0 Å². The molecule has 1 atom stereocenters. The third-order valence-corrected chi connectivity index (χ3v) is 7.12. The predicted molar refractivity (Wildman–Crippen MR) is 118 cm³/mol. The van der Waals surface area contributed by atoms with Gasteiger partial charge in [0.2, 0.25) is 5.91 Å². The maximum atomic E-state index is 12.7. The molecule has 0 unspecified atom stereocenters. The van der Waals surface area contributed by atoms with Crippen LogP contribution in [0.4, 0.5) is 0 Å². The molecule has 7 heteroatoms. The van der Waals surface area contributed by atoms with Gasteiger partial charge < -0.3 is 19.7 Å². The number of hydroxylamine groups is 1. The highest BCUT2D eigenvalue weighted by Crippen LogP contribution is 2.38. The molecule has 168 valence electrons. The lowest BCUT2D eigenvalue weighted by atomic mass is 9.90. The van der Waals surface area contributed by atoms with E-state index in [0.717, 1.165) is 80.9 Å². The van der Waals surface area contributed by atoms with Crippen molar-refractivity contribution in [3.63, 3.8) is 0 Å². The van der Waals surface area contributed by atoms with E-state index in [1.165, 1.54) is 12.8 Å². The number of benzene rings is 1. The van der Waals surface area contributed by atoms with Crippen LogP contribution < -0.4 is 20.3 Å². The number of ether oxygens (including phenoxy) is 2. The highest BCUT2D eigenvalue weighted by molar-refractivity contribution is 5.82. The van der Waals surface area contributed by atoms with Crippen LogP contribution in [-0.2, 0) is 9.63 Å². The number of methoxy groups -OCH3 is 1. The summed E-state index contributed by atoms with van der Waals surface area (Å²) in [4.78, 5) is 20.7. The Morgan fingerprint density at radius 1 is 1.13 bits per heavy atom. The summed E-state index contributed by atoms with van der Waals surface area (Å²) in [6.45, 7) is 2.39. The van der Waals surface area contributed by atoms with Crippen LogP contribution in [0.1, 0.15) is 56.9 Å². The molecular weight excluding hydrogens is 394 g/mol. The zero-order chi connectivity index (χ0) is 21.3. The average molecular weight is 428 g/mol. The summed E-state index contributed by atoms with van der Waals surface area (Å²) in [6.07, 6.45) is 10.7. The first-order valence-electron chi connectivity index (χ1n) is 11.7. The molecule has 2 N–H and O–H groups in total. The number of likely N-dealkylation sites (tertiary alicyclic amines) is 1. The summed E-state index contributed by atoms with van der Waals surface area (Å²) in [6, 6.07) is 6.04. The van der Waals surface area contributed by atoms with Crippen molar-refractivity contribution in [1.82, 2.24) is 15.7 Å². The van der Waals surface area contributed by atoms with Crippen molar-refractivity contribution >= 4 is 11.6 Å². The van der Waals surface area contributed by atoms with E-state index in [0.29, 0.717) is 0 Å². The minimum Gasteiger partial charge on any atom is -0.493 e. The second-order valence-electron chi connectivity index (χ2n) is 9.19. The van der Waals surface area contributed by atoms with Gasteiger partial charge in [-0.05, 0) is 69.3 Å². The number of nitrogens with one attached hydrogen (secondary N) is 2. The second kappa shape index (κ2) is 8.71. The molecule has 5 rings (SSSR count). The average Bonchev–Trinajstić information content (AvgIpc) is 3.57. The molecule has 0 bridgehead atoms. The smallest absolute Gasteiger partial charge is 0.239 e. The number of rotatable bonds is 5. The summed E-state index contributed by atoms with van der Waals surface area (Å²) in [5, 5.41) is 3.31. The van der Waals surface area contributed by atoms with E-state index >= 15 is 0 Å². The van der Waals surface area contributed by atoms with Crippen molar-refractivity contribution in [1.29, 1.82) is 0 Å². The van der Waals surface area contributed by atoms with Crippen LogP contribution >= 0.6 is 0 Å². The molecule has 3 aliphatic heterocycles. The topological polar surface area (TPSA) is 72.1 Å². The van der Waals surface area contributed by atoms with Crippen molar-refractivity contribution in [2.75, 3.05) is 26.7 Å². The number of piperidine rings is 1. The van der Waals surface area contributed by atoms with E-state index in [1.54, 1.807) is 7.11 Å². The van der Waals surface area contributed by atoms with Gasteiger partial charge >= 0.3 is 0 Å². The Labute approximate surface area is 184 Å². The molecule has 1 saturated carbocycles. The number of nitrogens with zero attached hydrogens (tertiary/aromatic N) is 1. The molecule has 1 aliphatic carbocycles.